The van der Waals surface area contributed by atoms with Crippen LogP contribution in [-0.4, -0.2) is 10.9 Å². The fourth-order valence-electron chi connectivity index (χ4n) is 3.01. The third kappa shape index (κ3) is 1.75. The molecule has 4 rings (SSSR count). The molecule has 4 nitrogen and oxygen atoms in total. The first-order valence-electron chi connectivity index (χ1n) is 7.15. The lowest BCUT2D eigenvalue weighted by atomic mass is 10.00. The van der Waals surface area contributed by atoms with Crippen LogP contribution in [0, 0.1) is 5.82 Å². The summed E-state index contributed by atoms with van der Waals surface area (Å²) in [6, 6.07) is 6.14. The molecular weight excluding hydrogens is 283 g/mol. The number of pyridine rings is 1. The lowest BCUT2D eigenvalue weighted by Gasteiger charge is -2.09. The van der Waals surface area contributed by atoms with E-state index < -0.39 is 0 Å². The van der Waals surface area contributed by atoms with E-state index in [2.05, 4.69) is 10.3 Å². The Bertz CT molecular complexity index is 829. The zero-order valence-electron chi connectivity index (χ0n) is 11.9. The number of rotatable bonds is 1. The number of benzene rings is 1. The normalized spacial score (nSPS) is 22.1. The van der Waals surface area contributed by atoms with Crippen molar-refractivity contribution in [3.05, 3.63) is 59.2 Å². The number of hydrogen-bond acceptors (Lipinski definition) is 3. The Hall–Kier alpha value is -2.69. The Morgan fingerprint density at radius 2 is 2.18 bits per heavy atom. The van der Waals surface area contributed by atoms with Crippen molar-refractivity contribution >= 4 is 22.9 Å². The fraction of sp³-hybridized carbons (Fsp3) is 0.176. The van der Waals surface area contributed by atoms with Gasteiger partial charge in [-0.15, -0.1) is 0 Å². The quantitative estimate of drug-likeness (QED) is 0.819. The molecule has 110 valence electrons. The number of nitrogens with one attached hydrogen (secondary N) is 1. The van der Waals surface area contributed by atoms with Crippen LogP contribution in [0.3, 0.4) is 0 Å². The molecule has 1 atom stereocenters. The number of ether oxygens (including phenoxy) is 1. The van der Waals surface area contributed by atoms with Gasteiger partial charge < -0.3 is 10.1 Å². The highest BCUT2D eigenvalue weighted by molar-refractivity contribution is 6.36. The second kappa shape index (κ2) is 4.66. The monoisotopic (exact) mass is 296 g/mol. The van der Waals surface area contributed by atoms with Crippen molar-refractivity contribution < 1.29 is 13.9 Å². The van der Waals surface area contributed by atoms with E-state index in [4.69, 9.17) is 4.74 Å². The topological polar surface area (TPSA) is 51.2 Å². The Morgan fingerprint density at radius 1 is 1.32 bits per heavy atom. The molecule has 1 unspecified atom stereocenters. The smallest absolute Gasteiger partial charge is 0.260 e. The van der Waals surface area contributed by atoms with Gasteiger partial charge in [-0.3, -0.25) is 9.78 Å². The SMILES string of the molecule is CCC1O/C(=C2/C(=O)Nc3ccc(F)cc32)c2cnccc21. The molecule has 2 aromatic rings. The van der Waals surface area contributed by atoms with Crippen LogP contribution in [0.5, 0.6) is 0 Å². The van der Waals surface area contributed by atoms with Crippen molar-refractivity contribution in [2.75, 3.05) is 5.32 Å². The average molecular weight is 296 g/mol. The maximum absolute atomic E-state index is 13.6. The largest absolute Gasteiger partial charge is 0.484 e. The molecule has 5 heteroatoms. The molecule has 22 heavy (non-hydrogen) atoms. The summed E-state index contributed by atoms with van der Waals surface area (Å²) in [6.07, 6.45) is 4.08. The Morgan fingerprint density at radius 3 is 3.00 bits per heavy atom. The van der Waals surface area contributed by atoms with Crippen LogP contribution >= 0.6 is 0 Å². The van der Waals surface area contributed by atoms with Crippen LogP contribution in [0.15, 0.2) is 36.7 Å². The summed E-state index contributed by atoms with van der Waals surface area (Å²) in [7, 11) is 0. The van der Waals surface area contributed by atoms with Crippen molar-refractivity contribution in [3.8, 4) is 0 Å². The summed E-state index contributed by atoms with van der Waals surface area (Å²) in [4.78, 5) is 16.5. The van der Waals surface area contributed by atoms with Crippen molar-refractivity contribution in [3.63, 3.8) is 0 Å². The number of anilines is 1. The average Bonchev–Trinajstić information content (AvgIpc) is 3.04. The number of nitrogens with zero attached hydrogens (tertiary/aromatic N) is 1. The molecule has 0 saturated carbocycles. The van der Waals surface area contributed by atoms with Crippen LogP contribution in [0.1, 0.15) is 36.1 Å². The van der Waals surface area contributed by atoms with Gasteiger partial charge in [0.05, 0.1) is 5.57 Å². The summed E-state index contributed by atoms with van der Waals surface area (Å²) < 4.78 is 19.6. The molecule has 1 aromatic carbocycles. The molecule has 0 bridgehead atoms. The molecule has 1 amide bonds. The van der Waals surface area contributed by atoms with Crippen molar-refractivity contribution in [2.24, 2.45) is 0 Å². The highest BCUT2D eigenvalue weighted by atomic mass is 19.1. The van der Waals surface area contributed by atoms with Crippen molar-refractivity contribution in [2.45, 2.75) is 19.4 Å². The van der Waals surface area contributed by atoms with Crippen molar-refractivity contribution in [1.82, 2.24) is 4.98 Å². The Balaban J connectivity index is 1.97. The van der Waals surface area contributed by atoms with Gasteiger partial charge >= 0.3 is 0 Å². The number of fused-ring (bicyclic) bond motifs is 2. The number of halogens is 1. The zero-order chi connectivity index (χ0) is 15.3. The van der Waals surface area contributed by atoms with Crippen LogP contribution in [0.4, 0.5) is 10.1 Å². The summed E-state index contributed by atoms with van der Waals surface area (Å²) in [5.74, 6) is -0.177. The number of carbonyl (C=O) groups is 1. The van der Waals surface area contributed by atoms with Gasteiger partial charge in [-0.1, -0.05) is 6.92 Å². The predicted molar refractivity (Wildman–Crippen MR) is 80.2 cm³/mol. The molecule has 0 aliphatic carbocycles. The van der Waals surface area contributed by atoms with Gasteiger partial charge in [0.15, 0.2) is 0 Å². The van der Waals surface area contributed by atoms with E-state index in [1.54, 1.807) is 18.5 Å². The summed E-state index contributed by atoms with van der Waals surface area (Å²) >= 11 is 0. The lowest BCUT2D eigenvalue weighted by Crippen LogP contribution is -2.06. The first kappa shape index (κ1) is 13.0. The molecule has 1 N–H and O–H groups in total. The van der Waals surface area contributed by atoms with Crippen LogP contribution in [-0.2, 0) is 9.53 Å². The highest BCUT2D eigenvalue weighted by Crippen LogP contribution is 2.46. The van der Waals surface area contributed by atoms with Gasteiger partial charge in [-0.25, -0.2) is 4.39 Å². The van der Waals surface area contributed by atoms with E-state index >= 15 is 0 Å². The number of hydrogen-bond donors (Lipinski definition) is 1. The molecular formula is C17H13FN2O2. The minimum absolute atomic E-state index is 0.106. The minimum Gasteiger partial charge on any atom is -0.484 e. The first-order valence-corrected chi connectivity index (χ1v) is 7.15. The van der Waals surface area contributed by atoms with Crippen LogP contribution < -0.4 is 5.32 Å². The van der Waals surface area contributed by atoms with Gasteiger partial charge in [0.1, 0.15) is 17.7 Å². The maximum atomic E-state index is 13.6. The Labute approximate surface area is 126 Å². The molecule has 0 saturated heterocycles. The first-order chi connectivity index (χ1) is 10.7. The summed E-state index contributed by atoms with van der Waals surface area (Å²) in [6.45, 7) is 2.02. The maximum Gasteiger partial charge on any atom is 0.260 e. The highest BCUT2D eigenvalue weighted by Gasteiger charge is 2.35. The van der Waals surface area contributed by atoms with E-state index in [-0.39, 0.29) is 17.8 Å². The van der Waals surface area contributed by atoms with E-state index in [0.717, 1.165) is 17.5 Å². The molecule has 0 radical (unpaired) electrons. The Kier molecular flexibility index (Phi) is 2.76. The summed E-state index contributed by atoms with van der Waals surface area (Å²) in [5, 5.41) is 2.75. The fourth-order valence-corrected chi connectivity index (χ4v) is 3.01. The second-order valence-corrected chi connectivity index (χ2v) is 5.33. The van der Waals surface area contributed by atoms with Gasteiger partial charge in [0, 0.05) is 34.8 Å². The van der Waals surface area contributed by atoms with Gasteiger partial charge in [-0.05, 0) is 30.7 Å². The number of carbonyl (C=O) groups excluding carboxylic acids is 1. The number of amides is 1. The van der Waals surface area contributed by atoms with E-state index in [0.29, 0.717) is 22.6 Å². The molecule has 2 aliphatic heterocycles. The standard InChI is InChI=1S/C17H13FN2O2/c1-2-14-10-5-6-19-8-12(10)16(22-14)15-11-7-9(18)3-4-13(11)20-17(15)21/h3-8,14H,2H2,1H3,(H,20,21)/b16-15+. The van der Waals surface area contributed by atoms with Gasteiger partial charge in [0.25, 0.3) is 5.91 Å². The third-order valence-corrected chi connectivity index (χ3v) is 4.03. The molecule has 3 heterocycles. The molecule has 2 aliphatic rings. The lowest BCUT2D eigenvalue weighted by molar-refractivity contribution is -0.110. The van der Waals surface area contributed by atoms with E-state index in [1.165, 1.54) is 12.1 Å². The van der Waals surface area contributed by atoms with Gasteiger partial charge in [0.2, 0.25) is 0 Å². The van der Waals surface area contributed by atoms with E-state index in [9.17, 15) is 9.18 Å². The van der Waals surface area contributed by atoms with Gasteiger partial charge in [-0.2, -0.15) is 0 Å². The van der Waals surface area contributed by atoms with Crippen LogP contribution in [0.25, 0.3) is 11.3 Å². The predicted octanol–water partition coefficient (Wildman–Crippen LogP) is 3.52. The molecule has 0 fully saturated rings. The molecule has 0 spiro atoms. The van der Waals surface area contributed by atoms with Crippen LogP contribution in [0.2, 0.25) is 0 Å². The zero-order valence-corrected chi connectivity index (χ0v) is 11.9. The number of aromatic nitrogens is 1. The minimum atomic E-state index is -0.384. The summed E-state index contributed by atoms with van der Waals surface area (Å²) in [5.41, 5.74) is 3.32. The second-order valence-electron chi connectivity index (χ2n) is 5.33. The van der Waals surface area contributed by atoms with E-state index in [1.807, 2.05) is 13.0 Å². The third-order valence-electron chi connectivity index (χ3n) is 4.03. The molecule has 1 aromatic heterocycles. The van der Waals surface area contributed by atoms with Crippen molar-refractivity contribution in [1.29, 1.82) is 0 Å².